The van der Waals surface area contributed by atoms with E-state index in [2.05, 4.69) is 10.5 Å². The smallest absolute Gasteiger partial charge is 0.543 e. The zero-order chi connectivity index (χ0) is 12.7. The van der Waals surface area contributed by atoms with Crippen molar-refractivity contribution >= 4 is 17.8 Å². The number of rotatable bonds is 5. The van der Waals surface area contributed by atoms with Crippen LogP contribution in [-0.2, 0) is 4.79 Å². The van der Waals surface area contributed by atoms with Crippen LogP contribution in [0.2, 0.25) is 0 Å². The topological polar surface area (TPSA) is 64.5 Å². The summed E-state index contributed by atoms with van der Waals surface area (Å²) in [5, 5.41) is 14.0. The van der Waals surface area contributed by atoms with Gasteiger partial charge in [0.25, 0.3) is 0 Å². The molecule has 0 heterocycles. The van der Waals surface area contributed by atoms with Crippen molar-refractivity contribution in [1.82, 2.24) is 5.43 Å². The first-order valence-electron chi connectivity index (χ1n) is 5.30. The first-order valence-corrected chi connectivity index (χ1v) is 5.30. The Morgan fingerprint density at radius 2 is 1.94 bits per heavy atom. The summed E-state index contributed by atoms with van der Waals surface area (Å²) in [6, 6.07) is 9.88. The van der Waals surface area contributed by atoms with E-state index >= 15 is 0 Å². The van der Waals surface area contributed by atoms with E-state index in [9.17, 15) is 9.90 Å². The molecule has 0 unspecified atom stereocenters. The predicted octanol–water partition coefficient (Wildman–Crippen LogP) is -2.19. The Kier molecular flexibility index (Phi) is 8.37. The molecule has 0 bridgehead atoms. The summed E-state index contributed by atoms with van der Waals surface area (Å²) in [5.74, 6) is -1.26. The van der Waals surface area contributed by atoms with Gasteiger partial charge < -0.3 is 15.3 Å². The van der Waals surface area contributed by atoms with Gasteiger partial charge in [0.1, 0.15) is 0 Å². The van der Waals surface area contributed by atoms with Gasteiger partial charge in [-0.1, -0.05) is 42.0 Å². The average molecular weight is 254 g/mol. The van der Waals surface area contributed by atoms with Gasteiger partial charge in [0.05, 0.1) is 18.2 Å². The summed E-state index contributed by atoms with van der Waals surface area (Å²) in [7, 11) is 0. The minimum absolute atomic E-state index is 0. The summed E-state index contributed by atoms with van der Waals surface area (Å²) in [4.78, 5) is 10.4. The number of carboxylic acid groups (broad SMARTS) is 1. The Morgan fingerprint density at radius 3 is 2.50 bits per heavy atom. The van der Waals surface area contributed by atoms with Crippen molar-refractivity contribution in [2.45, 2.75) is 13.8 Å². The number of carbonyl (C=O) groups is 1. The Bertz CT molecular complexity index is 442. The van der Waals surface area contributed by atoms with Gasteiger partial charge in [-0.15, -0.1) is 0 Å². The molecule has 0 amide bonds. The molecular weight excluding hydrogens is 239 g/mol. The largest absolute Gasteiger partial charge is 1.00 e. The fourth-order valence-electron chi connectivity index (χ4n) is 1.21. The van der Waals surface area contributed by atoms with Crippen molar-refractivity contribution in [3.05, 3.63) is 41.5 Å². The van der Waals surface area contributed by atoms with Crippen molar-refractivity contribution in [2.75, 3.05) is 6.54 Å². The standard InChI is InChI=1S/C13H16N2O2.Na/c1-10(8-12-6-4-3-5-7-12)9-14-15-11(2)13(16)17;/h3-8,14H,9H2,1-2H3,(H,16,17);/q;+1/p-1. The molecule has 0 aliphatic heterocycles. The van der Waals surface area contributed by atoms with Crippen molar-refractivity contribution in [1.29, 1.82) is 0 Å². The van der Waals surface area contributed by atoms with Crippen LogP contribution in [0.1, 0.15) is 19.4 Å². The summed E-state index contributed by atoms with van der Waals surface area (Å²) < 4.78 is 0. The fourth-order valence-corrected chi connectivity index (χ4v) is 1.21. The van der Waals surface area contributed by atoms with E-state index in [1.807, 2.05) is 43.3 Å². The van der Waals surface area contributed by atoms with Crippen LogP contribution >= 0.6 is 0 Å². The third-order valence-corrected chi connectivity index (χ3v) is 2.11. The number of carboxylic acids is 1. The fraction of sp³-hybridized carbons (Fsp3) is 0.231. The Hall–Kier alpha value is -1.10. The van der Waals surface area contributed by atoms with Gasteiger partial charge >= 0.3 is 29.6 Å². The zero-order valence-corrected chi connectivity index (χ0v) is 12.9. The van der Waals surface area contributed by atoms with E-state index in [1.54, 1.807) is 0 Å². The molecule has 1 N–H and O–H groups in total. The van der Waals surface area contributed by atoms with Crippen LogP contribution in [-0.4, -0.2) is 18.2 Å². The Labute approximate surface area is 129 Å². The van der Waals surface area contributed by atoms with Crippen LogP contribution in [0.25, 0.3) is 6.08 Å². The van der Waals surface area contributed by atoms with E-state index < -0.39 is 5.97 Å². The van der Waals surface area contributed by atoms with Gasteiger partial charge in [-0.05, 0) is 19.4 Å². The summed E-state index contributed by atoms with van der Waals surface area (Å²) in [6.45, 7) is 3.84. The van der Waals surface area contributed by atoms with Gasteiger partial charge in [0, 0.05) is 0 Å². The van der Waals surface area contributed by atoms with Crippen molar-refractivity contribution in [3.8, 4) is 0 Å². The normalized spacial score (nSPS) is 11.7. The van der Waals surface area contributed by atoms with Gasteiger partial charge in [-0.3, -0.25) is 0 Å². The monoisotopic (exact) mass is 254 g/mol. The summed E-state index contributed by atoms with van der Waals surface area (Å²) in [5.41, 5.74) is 4.79. The SMILES string of the molecule is CC(=Cc1ccccc1)CNN=C(C)C(=O)[O-].[Na+]. The van der Waals surface area contributed by atoms with Crippen molar-refractivity contribution in [2.24, 2.45) is 5.10 Å². The molecule has 1 rings (SSSR count). The Morgan fingerprint density at radius 1 is 1.33 bits per heavy atom. The zero-order valence-electron chi connectivity index (χ0n) is 10.9. The van der Waals surface area contributed by atoms with Crippen molar-refractivity contribution in [3.63, 3.8) is 0 Å². The molecule has 4 nitrogen and oxygen atoms in total. The second-order valence-electron chi connectivity index (χ2n) is 3.72. The number of hydrogen-bond acceptors (Lipinski definition) is 4. The maximum Gasteiger partial charge on any atom is 1.00 e. The molecule has 0 aliphatic rings. The molecule has 0 atom stereocenters. The molecule has 0 spiro atoms. The second-order valence-corrected chi connectivity index (χ2v) is 3.72. The third-order valence-electron chi connectivity index (χ3n) is 2.11. The van der Waals surface area contributed by atoms with E-state index in [0.29, 0.717) is 6.54 Å². The minimum Gasteiger partial charge on any atom is -0.543 e. The molecule has 0 aliphatic carbocycles. The molecule has 5 heteroatoms. The van der Waals surface area contributed by atoms with Crippen LogP contribution in [0.3, 0.4) is 0 Å². The van der Waals surface area contributed by atoms with Gasteiger partial charge in [0.2, 0.25) is 0 Å². The quantitative estimate of drug-likeness (QED) is 0.369. The number of nitrogens with zero attached hydrogens (tertiary/aromatic N) is 1. The van der Waals surface area contributed by atoms with Gasteiger partial charge in [-0.25, -0.2) is 0 Å². The number of hydrazone groups is 1. The average Bonchev–Trinajstić information content (AvgIpc) is 2.30. The minimum atomic E-state index is -1.26. The maximum atomic E-state index is 10.4. The van der Waals surface area contributed by atoms with Crippen molar-refractivity contribution < 1.29 is 39.5 Å². The third kappa shape index (κ3) is 6.59. The molecule has 0 aromatic heterocycles. The van der Waals surface area contributed by atoms with Crippen LogP contribution in [0.15, 0.2) is 41.0 Å². The van der Waals surface area contributed by atoms with E-state index in [1.165, 1.54) is 6.92 Å². The molecule has 1 aromatic carbocycles. The van der Waals surface area contributed by atoms with E-state index in [4.69, 9.17) is 0 Å². The Balaban J connectivity index is 0.00000289. The van der Waals surface area contributed by atoms with Crippen LogP contribution in [0.5, 0.6) is 0 Å². The molecule has 1 aromatic rings. The number of carbonyl (C=O) groups excluding carboxylic acids is 1. The number of benzene rings is 1. The number of aliphatic carboxylic acids is 1. The molecule has 0 fully saturated rings. The molecule has 0 radical (unpaired) electrons. The molecule has 90 valence electrons. The summed E-state index contributed by atoms with van der Waals surface area (Å²) in [6.07, 6.45) is 2.01. The second kappa shape index (κ2) is 8.91. The number of nitrogens with one attached hydrogen (secondary N) is 1. The van der Waals surface area contributed by atoms with Crippen LogP contribution in [0.4, 0.5) is 0 Å². The molecule has 18 heavy (non-hydrogen) atoms. The predicted molar refractivity (Wildman–Crippen MR) is 66.2 cm³/mol. The summed E-state index contributed by atoms with van der Waals surface area (Å²) >= 11 is 0. The van der Waals surface area contributed by atoms with E-state index in [-0.39, 0.29) is 35.3 Å². The molecular formula is C13H15N2NaO2. The first-order chi connectivity index (χ1) is 8.09. The number of hydrogen-bond donors (Lipinski definition) is 1. The molecule has 0 saturated heterocycles. The van der Waals surface area contributed by atoms with Crippen LogP contribution < -0.4 is 40.1 Å². The van der Waals surface area contributed by atoms with Gasteiger partial charge in [-0.2, -0.15) is 5.10 Å². The van der Waals surface area contributed by atoms with Gasteiger partial charge in [0.15, 0.2) is 0 Å². The maximum absolute atomic E-state index is 10.4. The van der Waals surface area contributed by atoms with Crippen LogP contribution in [0, 0.1) is 0 Å². The molecule has 0 saturated carbocycles. The first kappa shape index (κ1) is 16.9. The van der Waals surface area contributed by atoms with E-state index in [0.717, 1.165) is 11.1 Å².